The van der Waals surface area contributed by atoms with Gasteiger partial charge in [0.2, 0.25) is 0 Å². The molecule has 140 valence electrons. The summed E-state index contributed by atoms with van der Waals surface area (Å²) in [6.45, 7) is 6.95. The van der Waals surface area contributed by atoms with E-state index in [1.54, 1.807) is 12.1 Å². The first-order valence-corrected chi connectivity index (χ1v) is 9.81. The van der Waals surface area contributed by atoms with Crippen LogP contribution >= 0.6 is 0 Å². The van der Waals surface area contributed by atoms with E-state index < -0.39 is 0 Å². The molecule has 2 atom stereocenters. The van der Waals surface area contributed by atoms with Gasteiger partial charge in [0.25, 0.3) is 0 Å². The fraction of sp³-hybridized carbons (Fsp3) is 0.478. The highest BCUT2D eigenvalue weighted by atomic mass is 19.1. The molecule has 0 bridgehead atoms. The van der Waals surface area contributed by atoms with Crippen molar-refractivity contribution in [1.29, 1.82) is 0 Å². The number of nitrogens with two attached hydrogens (primary N) is 1. The molecule has 2 aromatic carbocycles. The van der Waals surface area contributed by atoms with Gasteiger partial charge in [-0.1, -0.05) is 55.5 Å². The summed E-state index contributed by atoms with van der Waals surface area (Å²) in [5.41, 5.74) is 2.30. The summed E-state index contributed by atoms with van der Waals surface area (Å²) in [7, 11) is 0. The summed E-state index contributed by atoms with van der Waals surface area (Å²) in [6.07, 6.45) is 4.22. The van der Waals surface area contributed by atoms with E-state index in [0.29, 0.717) is 6.54 Å². The van der Waals surface area contributed by atoms with Gasteiger partial charge in [-0.2, -0.15) is 0 Å². The zero-order chi connectivity index (χ0) is 18.5. The van der Waals surface area contributed by atoms with Crippen molar-refractivity contribution in [3.63, 3.8) is 0 Å². The van der Waals surface area contributed by atoms with Gasteiger partial charge < -0.3 is 10.1 Å². The third-order valence-electron chi connectivity index (χ3n) is 6.03. The highest BCUT2D eigenvalue weighted by molar-refractivity contribution is 5.27. The Morgan fingerprint density at radius 1 is 1.08 bits per heavy atom. The molecule has 0 unspecified atom stereocenters. The molecular formula is C23H31FNO+. The number of benzene rings is 2. The molecule has 1 fully saturated rings. The molecular weight excluding hydrogens is 325 g/mol. The maximum Gasteiger partial charge on any atom is 0.132 e. The monoisotopic (exact) mass is 356 g/mol. The van der Waals surface area contributed by atoms with Crippen LogP contribution < -0.4 is 5.32 Å². The van der Waals surface area contributed by atoms with Crippen LogP contribution in [-0.4, -0.2) is 18.8 Å². The van der Waals surface area contributed by atoms with E-state index >= 15 is 0 Å². The van der Waals surface area contributed by atoms with Crippen molar-refractivity contribution in [2.75, 3.05) is 13.2 Å². The summed E-state index contributed by atoms with van der Waals surface area (Å²) in [5, 5.41) is 2.24. The molecule has 0 radical (unpaired) electrons. The lowest BCUT2D eigenvalue weighted by Crippen LogP contribution is -2.83. The zero-order valence-corrected chi connectivity index (χ0v) is 16.0. The van der Waals surface area contributed by atoms with E-state index in [1.165, 1.54) is 5.56 Å². The lowest BCUT2D eigenvalue weighted by molar-refractivity contribution is -0.672. The Labute approximate surface area is 156 Å². The average molecular weight is 357 g/mol. The van der Waals surface area contributed by atoms with Crippen molar-refractivity contribution < 1.29 is 14.4 Å². The molecule has 1 aliphatic heterocycles. The van der Waals surface area contributed by atoms with E-state index in [1.807, 2.05) is 12.1 Å². The van der Waals surface area contributed by atoms with Crippen LogP contribution in [0.1, 0.15) is 50.7 Å². The van der Waals surface area contributed by atoms with Gasteiger partial charge >= 0.3 is 0 Å². The predicted molar refractivity (Wildman–Crippen MR) is 104 cm³/mol. The minimum Gasteiger partial charge on any atom is -0.375 e. The van der Waals surface area contributed by atoms with Gasteiger partial charge in [0.1, 0.15) is 12.4 Å². The summed E-state index contributed by atoms with van der Waals surface area (Å²) in [6, 6.07) is 18.0. The molecule has 2 N–H and O–H groups in total. The first-order chi connectivity index (χ1) is 12.6. The van der Waals surface area contributed by atoms with Crippen LogP contribution in [-0.2, 0) is 16.7 Å². The molecule has 0 aliphatic carbocycles. The summed E-state index contributed by atoms with van der Waals surface area (Å²) < 4.78 is 19.9. The van der Waals surface area contributed by atoms with Gasteiger partial charge in [0, 0.05) is 24.0 Å². The number of quaternary nitrogens is 1. The van der Waals surface area contributed by atoms with Gasteiger partial charge in [-0.25, -0.2) is 4.39 Å². The van der Waals surface area contributed by atoms with Crippen LogP contribution in [0.15, 0.2) is 54.6 Å². The smallest absolute Gasteiger partial charge is 0.132 e. The topological polar surface area (TPSA) is 25.8 Å². The Bertz CT molecular complexity index is 704. The Hall–Kier alpha value is -1.71. The first kappa shape index (κ1) is 19.1. The largest absolute Gasteiger partial charge is 0.375 e. The maximum absolute atomic E-state index is 13.8. The molecule has 0 aromatic heterocycles. The van der Waals surface area contributed by atoms with Gasteiger partial charge in [-0.3, -0.25) is 0 Å². The quantitative estimate of drug-likeness (QED) is 0.740. The van der Waals surface area contributed by atoms with Crippen molar-refractivity contribution in [3.8, 4) is 0 Å². The fourth-order valence-corrected chi connectivity index (χ4v) is 4.27. The van der Waals surface area contributed by atoms with Crippen molar-refractivity contribution in [2.45, 2.75) is 57.1 Å². The molecule has 26 heavy (non-hydrogen) atoms. The fourth-order valence-electron chi connectivity index (χ4n) is 4.27. The van der Waals surface area contributed by atoms with Crippen molar-refractivity contribution in [3.05, 3.63) is 71.5 Å². The number of rotatable bonds is 7. The Kier molecular flexibility index (Phi) is 6.10. The van der Waals surface area contributed by atoms with Crippen LogP contribution in [0.2, 0.25) is 0 Å². The predicted octanol–water partition coefficient (Wildman–Crippen LogP) is 4.20. The second-order valence-electron chi connectivity index (χ2n) is 7.85. The van der Waals surface area contributed by atoms with Crippen LogP contribution in [0.4, 0.5) is 4.39 Å². The maximum atomic E-state index is 13.8. The van der Waals surface area contributed by atoms with Crippen LogP contribution in [0.5, 0.6) is 0 Å². The second-order valence-corrected chi connectivity index (χ2v) is 7.85. The van der Waals surface area contributed by atoms with Gasteiger partial charge in [-0.15, -0.1) is 0 Å². The molecule has 1 heterocycles. The molecule has 0 spiro atoms. The van der Waals surface area contributed by atoms with E-state index in [4.69, 9.17) is 4.74 Å². The van der Waals surface area contributed by atoms with Gasteiger partial charge in [0.15, 0.2) is 0 Å². The molecule has 3 heteroatoms. The second kappa shape index (κ2) is 8.32. The van der Waals surface area contributed by atoms with Crippen molar-refractivity contribution in [2.24, 2.45) is 0 Å². The molecule has 2 nitrogen and oxygen atoms in total. The lowest BCUT2D eigenvalue weighted by atomic mass is 9.66. The average Bonchev–Trinajstić information content (AvgIpc) is 2.67. The molecule has 1 aliphatic rings. The molecule has 0 saturated carbocycles. The van der Waals surface area contributed by atoms with Crippen molar-refractivity contribution >= 4 is 0 Å². The normalized spacial score (nSPS) is 26.0. The Morgan fingerprint density at radius 2 is 1.81 bits per heavy atom. The minimum absolute atomic E-state index is 0.0559. The summed E-state index contributed by atoms with van der Waals surface area (Å²) in [4.78, 5) is 0. The van der Waals surface area contributed by atoms with Crippen molar-refractivity contribution in [1.82, 2.24) is 0 Å². The van der Waals surface area contributed by atoms with Crippen LogP contribution in [0.25, 0.3) is 0 Å². The summed E-state index contributed by atoms with van der Waals surface area (Å²) >= 11 is 0. The first-order valence-electron chi connectivity index (χ1n) is 9.81. The number of hydrogen-bond acceptors (Lipinski definition) is 1. The van der Waals surface area contributed by atoms with Crippen LogP contribution in [0, 0.1) is 5.82 Å². The molecule has 0 amide bonds. The van der Waals surface area contributed by atoms with E-state index in [0.717, 1.165) is 44.4 Å². The third-order valence-corrected chi connectivity index (χ3v) is 6.03. The minimum atomic E-state index is -0.105. The number of ether oxygens (including phenoxy) is 1. The van der Waals surface area contributed by atoms with Gasteiger partial charge in [-0.05, 0) is 37.8 Å². The number of hydrogen-bond donors (Lipinski definition) is 1. The summed E-state index contributed by atoms with van der Waals surface area (Å²) in [5.74, 6) is -0.105. The SMILES string of the molecule is CC[C@@]1(C)C[C@](CC[NH2+]Cc2ccccc2F)(c2ccccc2)CCO1. The molecule has 1 saturated heterocycles. The van der Waals surface area contributed by atoms with E-state index in [-0.39, 0.29) is 16.8 Å². The Morgan fingerprint density at radius 3 is 2.54 bits per heavy atom. The molecule has 2 aromatic rings. The van der Waals surface area contributed by atoms with E-state index in [9.17, 15) is 4.39 Å². The van der Waals surface area contributed by atoms with Gasteiger partial charge in [0.05, 0.1) is 12.1 Å². The Balaban J connectivity index is 1.70. The third kappa shape index (κ3) is 4.33. The molecule has 3 rings (SSSR count). The number of halogens is 1. The lowest BCUT2D eigenvalue weighted by Gasteiger charge is -2.46. The zero-order valence-electron chi connectivity index (χ0n) is 16.0. The standard InChI is InChI=1S/C23H30FNO/c1-3-22(2)18-23(14-16-26-22,20-10-5-4-6-11-20)13-15-25-17-19-9-7-8-12-21(19)24/h4-12,25H,3,13-18H2,1-2H3/p+1/t22-,23+/m0/s1. The highest BCUT2D eigenvalue weighted by Crippen LogP contribution is 2.44. The van der Waals surface area contributed by atoms with E-state index in [2.05, 4.69) is 49.5 Å². The van der Waals surface area contributed by atoms with Crippen LogP contribution in [0.3, 0.4) is 0 Å². The highest BCUT2D eigenvalue weighted by Gasteiger charge is 2.43.